The van der Waals surface area contributed by atoms with Crippen molar-refractivity contribution in [3.63, 3.8) is 0 Å². The molecule has 0 unspecified atom stereocenters. The molecule has 2 N–H and O–H groups in total. The van der Waals surface area contributed by atoms with E-state index in [4.69, 9.17) is 10.8 Å². The van der Waals surface area contributed by atoms with E-state index in [9.17, 15) is 10.2 Å². The van der Waals surface area contributed by atoms with Crippen molar-refractivity contribution in [3.05, 3.63) is 94.7 Å². The fraction of sp³-hybridized carbons (Fsp3) is 0.200. The fourth-order valence-electron chi connectivity index (χ4n) is 3.65. The maximum absolute atomic E-state index is 9.85. The molecule has 0 heterocycles. The minimum absolute atomic E-state index is 0. The monoisotopic (exact) mass is 602 g/mol. The Hall–Kier alpha value is -3.44. The molecule has 0 aromatic heterocycles. The molecule has 0 radical (unpaired) electrons. The Morgan fingerprint density at radius 3 is 1.31 bits per heavy atom. The Morgan fingerprint density at radius 2 is 0.974 bits per heavy atom. The summed E-state index contributed by atoms with van der Waals surface area (Å²) in [6, 6.07) is 24.4. The van der Waals surface area contributed by atoms with Gasteiger partial charge in [0, 0.05) is 23.6 Å². The van der Waals surface area contributed by atoms with Gasteiger partial charge in [-0.25, -0.2) is 0 Å². The maximum atomic E-state index is 9.85. The molecule has 2 aliphatic rings. The Labute approximate surface area is 251 Å². The molecular formula is C30H26N4O2S2Zn. The fourth-order valence-corrected chi connectivity index (χ4v) is 3.65. The number of phenolic OH excluding ortho intramolecular Hbond substituents is 2. The van der Waals surface area contributed by atoms with Gasteiger partial charge < -0.3 is 21.0 Å². The van der Waals surface area contributed by atoms with Crippen LogP contribution in [0.5, 0.6) is 11.5 Å². The summed E-state index contributed by atoms with van der Waals surface area (Å²) in [6.45, 7) is 0. The molecule has 2 fully saturated rings. The molecule has 0 bridgehead atoms. The molecule has 4 aromatic rings. The molecule has 2 saturated carbocycles. The van der Waals surface area contributed by atoms with Crippen LogP contribution in [0.25, 0.3) is 32.4 Å². The number of nitrogens with zero attached hydrogens (tertiary/aromatic N) is 4. The topological polar surface area (TPSA) is 110 Å². The first-order chi connectivity index (χ1) is 18.5. The maximum Gasteiger partial charge on any atom is 2.00 e. The van der Waals surface area contributed by atoms with Gasteiger partial charge in [-0.3, -0.25) is 9.98 Å². The molecule has 2 aliphatic carbocycles. The van der Waals surface area contributed by atoms with Crippen LogP contribution in [0.4, 0.5) is 0 Å². The first-order valence-electron chi connectivity index (χ1n) is 12.0. The van der Waals surface area contributed by atoms with Crippen molar-refractivity contribution >= 4 is 68.7 Å². The van der Waals surface area contributed by atoms with E-state index in [-0.39, 0.29) is 19.5 Å². The standard InChI is InChI=1S/2C14H13NO.2CNS.Zn/c2*16-14-8-5-10-3-1-2-4-12(10)13(14)9-15-11-6-7-11;2*2-1-3;/h2*1-5,8-9,11,16H,6-7H2;;;/q;;2*-1;+2. The van der Waals surface area contributed by atoms with Crippen LogP contribution < -0.4 is 0 Å². The zero-order valence-corrected chi connectivity index (χ0v) is 25.9. The molecule has 0 saturated heterocycles. The number of hydrogen-bond donors (Lipinski definition) is 2. The summed E-state index contributed by atoms with van der Waals surface area (Å²) in [5, 5.41) is 41.0. The number of benzene rings is 4. The van der Waals surface area contributed by atoms with Crippen LogP contribution in [-0.2, 0) is 19.5 Å². The summed E-state index contributed by atoms with van der Waals surface area (Å²) in [5.74, 6) is 0.617. The third-order valence-electron chi connectivity index (χ3n) is 5.82. The number of phenols is 2. The SMILES string of the molecule is Oc1ccc2ccccc2c1C=NC1CC1.Oc1ccc2ccccc2c1C=NC1CC1.[N-]=C=S.[N-]=C=S.[Zn+2]. The summed E-state index contributed by atoms with van der Waals surface area (Å²) in [5.41, 5.74) is 1.68. The first kappa shape index (κ1) is 31.8. The van der Waals surface area contributed by atoms with Gasteiger partial charge in [-0.2, -0.15) is 10.3 Å². The van der Waals surface area contributed by atoms with Crippen molar-refractivity contribution in [2.75, 3.05) is 0 Å². The predicted octanol–water partition coefficient (Wildman–Crippen LogP) is 7.57. The largest absolute Gasteiger partial charge is 2.00 e. The van der Waals surface area contributed by atoms with Crippen molar-refractivity contribution in [3.8, 4) is 11.5 Å². The van der Waals surface area contributed by atoms with Gasteiger partial charge in [0.05, 0.1) is 12.1 Å². The molecule has 0 aliphatic heterocycles. The van der Waals surface area contributed by atoms with E-state index >= 15 is 0 Å². The second-order valence-corrected chi connectivity index (χ2v) is 9.01. The minimum atomic E-state index is 0. The molecule has 0 amide bonds. The van der Waals surface area contributed by atoms with Gasteiger partial charge in [0.25, 0.3) is 0 Å². The number of thiocarbonyl (C=S) groups is 2. The number of fused-ring (bicyclic) bond motifs is 2. The van der Waals surface area contributed by atoms with Crippen LogP contribution >= 0.6 is 24.4 Å². The number of rotatable bonds is 4. The van der Waals surface area contributed by atoms with Crippen LogP contribution in [0.2, 0.25) is 0 Å². The quantitative estimate of drug-likeness (QED) is 0.142. The van der Waals surface area contributed by atoms with Crippen molar-refractivity contribution in [2.24, 2.45) is 9.98 Å². The van der Waals surface area contributed by atoms with Gasteiger partial charge >= 0.3 is 19.5 Å². The third kappa shape index (κ3) is 9.99. The van der Waals surface area contributed by atoms with Crippen LogP contribution in [0, 0.1) is 0 Å². The van der Waals surface area contributed by atoms with Crippen LogP contribution in [-0.4, -0.2) is 45.0 Å². The Bertz CT molecular complexity index is 1410. The van der Waals surface area contributed by atoms with Crippen LogP contribution in [0.1, 0.15) is 36.8 Å². The van der Waals surface area contributed by atoms with E-state index in [1.54, 1.807) is 12.1 Å². The molecule has 39 heavy (non-hydrogen) atoms. The van der Waals surface area contributed by atoms with Crippen molar-refractivity contribution < 1.29 is 29.7 Å². The van der Waals surface area contributed by atoms with E-state index in [1.807, 2.05) is 73.1 Å². The molecular weight excluding hydrogens is 578 g/mol. The van der Waals surface area contributed by atoms with Crippen LogP contribution in [0.15, 0.2) is 82.8 Å². The Kier molecular flexibility index (Phi) is 13.5. The molecule has 192 valence electrons. The number of aliphatic imine (C=N–C) groups is 2. The number of aromatic hydroxyl groups is 2. The third-order valence-corrected chi connectivity index (χ3v) is 5.82. The zero-order chi connectivity index (χ0) is 27.3. The van der Waals surface area contributed by atoms with Crippen molar-refractivity contribution in [1.29, 1.82) is 0 Å². The summed E-state index contributed by atoms with van der Waals surface area (Å²) in [6.07, 6.45) is 8.36. The first-order valence-corrected chi connectivity index (χ1v) is 12.8. The molecule has 4 aromatic carbocycles. The van der Waals surface area contributed by atoms with Crippen molar-refractivity contribution in [2.45, 2.75) is 37.8 Å². The Balaban J connectivity index is 0.000000224. The van der Waals surface area contributed by atoms with Gasteiger partial charge in [0.1, 0.15) is 11.5 Å². The van der Waals surface area contributed by atoms with Gasteiger partial charge in [-0.05, 0) is 59.4 Å². The molecule has 6 rings (SSSR count). The van der Waals surface area contributed by atoms with E-state index in [0.717, 1.165) is 32.7 Å². The summed E-state index contributed by atoms with van der Waals surface area (Å²) < 4.78 is 0. The van der Waals surface area contributed by atoms with E-state index < -0.39 is 0 Å². The summed E-state index contributed by atoms with van der Waals surface area (Å²) in [4.78, 5) is 8.86. The van der Waals surface area contributed by atoms with E-state index in [2.05, 4.69) is 34.4 Å². The molecule has 6 nitrogen and oxygen atoms in total. The van der Waals surface area contributed by atoms with Gasteiger partial charge in [-0.15, -0.1) is 0 Å². The summed E-state index contributed by atoms with van der Waals surface area (Å²) >= 11 is 7.40. The average molecular weight is 604 g/mol. The van der Waals surface area contributed by atoms with Gasteiger partial charge in [-0.1, -0.05) is 85.1 Å². The van der Waals surface area contributed by atoms with Crippen LogP contribution in [0.3, 0.4) is 0 Å². The average Bonchev–Trinajstić information content (AvgIpc) is 3.85. The van der Waals surface area contributed by atoms with Gasteiger partial charge in [0.2, 0.25) is 0 Å². The predicted molar refractivity (Wildman–Crippen MR) is 164 cm³/mol. The Morgan fingerprint density at radius 1 is 0.641 bits per heavy atom. The second kappa shape index (κ2) is 16.5. The second-order valence-electron chi connectivity index (χ2n) is 8.64. The van der Waals surface area contributed by atoms with E-state index in [1.165, 1.54) is 36.0 Å². The minimum Gasteiger partial charge on any atom is -0.753 e. The molecule has 9 heteroatoms. The molecule has 0 atom stereocenters. The zero-order valence-electron chi connectivity index (χ0n) is 21.3. The molecule has 0 spiro atoms. The summed E-state index contributed by atoms with van der Waals surface area (Å²) in [7, 11) is 0. The van der Waals surface area contributed by atoms with Gasteiger partial charge in [0.15, 0.2) is 0 Å². The smallest absolute Gasteiger partial charge is 0.753 e. The van der Waals surface area contributed by atoms with E-state index in [0.29, 0.717) is 23.6 Å². The number of hydrogen-bond acceptors (Lipinski definition) is 6. The van der Waals surface area contributed by atoms with Crippen molar-refractivity contribution in [1.82, 2.24) is 0 Å². The number of isothiocyanates is 2. The normalized spacial score (nSPS) is 13.5.